The second kappa shape index (κ2) is 7.83. The molecule has 0 unspecified atom stereocenters. The van der Waals surface area contributed by atoms with Gasteiger partial charge in [-0.05, 0) is 50.7 Å². The molecule has 3 heterocycles. The van der Waals surface area contributed by atoms with Gasteiger partial charge < -0.3 is 10.2 Å². The highest BCUT2D eigenvalue weighted by Crippen LogP contribution is 2.40. The van der Waals surface area contributed by atoms with Crippen LogP contribution in [0.5, 0.6) is 0 Å². The summed E-state index contributed by atoms with van der Waals surface area (Å²) in [6, 6.07) is 5.35. The Kier molecular flexibility index (Phi) is 5.10. The van der Waals surface area contributed by atoms with E-state index in [9.17, 15) is 18.0 Å². The van der Waals surface area contributed by atoms with Crippen molar-refractivity contribution in [1.82, 2.24) is 24.9 Å². The van der Waals surface area contributed by atoms with Crippen LogP contribution in [0.4, 0.5) is 19.0 Å². The molecule has 32 heavy (non-hydrogen) atoms. The van der Waals surface area contributed by atoms with E-state index in [1.165, 1.54) is 4.40 Å². The monoisotopic (exact) mass is 446 g/mol. The summed E-state index contributed by atoms with van der Waals surface area (Å²) in [5.41, 5.74) is 0.880. The summed E-state index contributed by atoms with van der Waals surface area (Å²) >= 11 is 0. The second-order valence-corrected chi connectivity index (χ2v) is 8.78. The molecule has 2 N–H and O–H groups in total. The second-order valence-electron chi connectivity index (χ2n) is 8.78. The van der Waals surface area contributed by atoms with E-state index in [2.05, 4.69) is 20.5 Å². The standard InChI is InChI=1S/C22H25F3N6O/c1-30(19-4-2-3-18-28-17(12-31(18)19)22(23,24)25)15-9-7-14(8-10-15)27-21(32)16-11-26-29-20(16)13-5-6-13/h2-4,11-15H,5-10H2,1H3,(H,26,29)(H,27,32)/t14-,15+. The molecule has 0 radical (unpaired) electrons. The number of aromatic nitrogens is 4. The Morgan fingerprint density at radius 2 is 1.94 bits per heavy atom. The zero-order chi connectivity index (χ0) is 22.5. The SMILES string of the molecule is CN(c1cccc2nc(C(F)(F)F)cn12)[C@H]1CC[C@@H](NC(=O)c2c[nH]nc2C2CC2)CC1. The maximum Gasteiger partial charge on any atom is 0.434 e. The summed E-state index contributed by atoms with van der Waals surface area (Å²) in [7, 11) is 1.90. The van der Waals surface area contributed by atoms with Gasteiger partial charge >= 0.3 is 6.18 Å². The van der Waals surface area contributed by atoms with Crippen molar-refractivity contribution in [3.05, 3.63) is 47.5 Å². The first-order valence-electron chi connectivity index (χ1n) is 10.9. The Morgan fingerprint density at radius 3 is 2.62 bits per heavy atom. The summed E-state index contributed by atoms with van der Waals surface area (Å²) in [5.74, 6) is 0.987. The molecule has 1 amide bonds. The Hall–Kier alpha value is -3.04. The Labute approximate surface area is 183 Å². The predicted molar refractivity (Wildman–Crippen MR) is 113 cm³/mol. The number of carbonyl (C=O) groups excluding carboxylic acids is 1. The molecule has 2 saturated carbocycles. The first kappa shape index (κ1) is 20.8. The third-order valence-corrected chi connectivity index (χ3v) is 6.58. The van der Waals surface area contributed by atoms with Gasteiger partial charge in [-0.15, -0.1) is 0 Å². The molecule has 3 aromatic heterocycles. The number of amides is 1. The minimum absolute atomic E-state index is 0.0787. The number of H-pyrrole nitrogens is 1. The molecule has 5 rings (SSSR count). The van der Waals surface area contributed by atoms with Crippen LogP contribution in [0.15, 0.2) is 30.6 Å². The summed E-state index contributed by atoms with van der Waals surface area (Å²) in [6.07, 6.45) is 3.69. The third-order valence-electron chi connectivity index (χ3n) is 6.58. The smallest absolute Gasteiger partial charge is 0.358 e. The zero-order valence-corrected chi connectivity index (χ0v) is 17.7. The summed E-state index contributed by atoms with van der Waals surface area (Å²) in [4.78, 5) is 18.5. The van der Waals surface area contributed by atoms with Gasteiger partial charge in [-0.2, -0.15) is 18.3 Å². The number of hydrogen-bond acceptors (Lipinski definition) is 4. The van der Waals surface area contributed by atoms with Crippen molar-refractivity contribution in [3.63, 3.8) is 0 Å². The normalized spacial score (nSPS) is 21.6. The van der Waals surface area contributed by atoms with Gasteiger partial charge in [0.1, 0.15) is 11.5 Å². The Morgan fingerprint density at radius 1 is 1.19 bits per heavy atom. The van der Waals surface area contributed by atoms with Crippen molar-refractivity contribution < 1.29 is 18.0 Å². The number of anilines is 1. The van der Waals surface area contributed by atoms with Crippen LogP contribution in [0.25, 0.3) is 5.65 Å². The van der Waals surface area contributed by atoms with E-state index in [-0.39, 0.29) is 23.6 Å². The molecule has 0 spiro atoms. The number of rotatable bonds is 5. The lowest BCUT2D eigenvalue weighted by molar-refractivity contribution is -0.140. The number of alkyl halides is 3. The number of carbonyl (C=O) groups is 1. The first-order valence-corrected chi connectivity index (χ1v) is 10.9. The van der Waals surface area contributed by atoms with Crippen LogP contribution in [0.3, 0.4) is 0 Å². The van der Waals surface area contributed by atoms with Crippen LogP contribution in [0, 0.1) is 0 Å². The van der Waals surface area contributed by atoms with Crippen molar-refractivity contribution in [3.8, 4) is 0 Å². The molecule has 2 aliphatic carbocycles. The molecule has 10 heteroatoms. The van der Waals surface area contributed by atoms with Crippen LogP contribution in [-0.4, -0.2) is 44.6 Å². The number of nitrogens with one attached hydrogen (secondary N) is 2. The van der Waals surface area contributed by atoms with Crippen LogP contribution >= 0.6 is 0 Å². The van der Waals surface area contributed by atoms with Gasteiger partial charge in [0, 0.05) is 37.4 Å². The van der Waals surface area contributed by atoms with Gasteiger partial charge in [-0.1, -0.05) is 6.07 Å². The first-order chi connectivity index (χ1) is 15.3. The Balaban J connectivity index is 1.24. The van der Waals surface area contributed by atoms with Crippen molar-refractivity contribution in [2.45, 2.75) is 62.7 Å². The fourth-order valence-corrected chi connectivity index (χ4v) is 4.63. The number of hydrogen-bond donors (Lipinski definition) is 2. The topological polar surface area (TPSA) is 78.3 Å². The summed E-state index contributed by atoms with van der Waals surface area (Å²) < 4.78 is 40.8. The van der Waals surface area contributed by atoms with Crippen molar-refractivity contribution >= 4 is 17.4 Å². The Bertz CT molecular complexity index is 1120. The average Bonchev–Trinajstić information content (AvgIpc) is 3.31. The highest BCUT2D eigenvalue weighted by molar-refractivity contribution is 5.95. The molecule has 0 atom stereocenters. The molecule has 7 nitrogen and oxygen atoms in total. The molecule has 0 aliphatic heterocycles. The van der Waals surface area contributed by atoms with Crippen LogP contribution in [0.2, 0.25) is 0 Å². The number of nitrogens with zero attached hydrogens (tertiary/aromatic N) is 4. The van der Waals surface area contributed by atoms with Gasteiger partial charge in [0.05, 0.1) is 11.3 Å². The molecule has 170 valence electrons. The predicted octanol–water partition coefficient (Wildman–Crippen LogP) is 4.13. The van der Waals surface area contributed by atoms with E-state index in [0.29, 0.717) is 17.3 Å². The number of aromatic amines is 1. The van der Waals surface area contributed by atoms with Crippen molar-refractivity contribution in [2.24, 2.45) is 0 Å². The van der Waals surface area contributed by atoms with Gasteiger partial charge in [-0.3, -0.25) is 14.3 Å². The molecule has 2 aliphatic rings. The fraction of sp³-hybridized carbons (Fsp3) is 0.500. The number of halogens is 3. The molecular formula is C22H25F3N6O. The maximum atomic E-state index is 13.1. The van der Waals surface area contributed by atoms with E-state index in [4.69, 9.17) is 0 Å². The van der Waals surface area contributed by atoms with E-state index >= 15 is 0 Å². The molecule has 2 fully saturated rings. The molecule has 0 bridgehead atoms. The van der Waals surface area contributed by atoms with Gasteiger partial charge in [0.15, 0.2) is 5.69 Å². The number of imidazole rings is 1. The minimum atomic E-state index is -4.48. The number of pyridine rings is 1. The highest BCUT2D eigenvalue weighted by atomic mass is 19.4. The van der Waals surface area contributed by atoms with Gasteiger partial charge in [0.2, 0.25) is 0 Å². The average molecular weight is 446 g/mol. The molecule has 3 aromatic rings. The lowest BCUT2D eigenvalue weighted by Gasteiger charge is -2.36. The molecule has 0 saturated heterocycles. The van der Waals surface area contributed by atoms with Crippen LogP contribution in [-0.2, 0) is 6.18 Å². The van der Waals surface area contributed by atoms with Gasteiger partial charge in [0.25, 0.3) is 5.91 Å². The number of fused-ring (bicyclic) bond motifs is 1. The minimum Gasteiger partial charge on any atom is -0.358 e. The van der Waals surface area contributed by atoms with E-state index in [1.807, 2.05) is 11.9 Å². The van der Waals surface area contributed by atoms with Crippen LogP contribution in [0.1, 0.15) is 66.2 Å². The third kappa shape index (κ3) is 3.93. The largest absolute Gasteiger partial charge is 0.434 e. The lowest BCUT2D eigenvalue weighted by atomic mass is 9.90. The van der Waals surface area contributed by atoms with Crippen LogP contribution < -0.4 is 10.2 Å². The van der Waals surface area contributed by atoms with Gasteiger partial charge in [-0.25, -0.2) is 4.98 Å². The van der Waals surface area contributed by atoms with Crippen molar-refractivity contribution in [1.29, 1.82) is 0 Å². The zero-order valence-electron chi connectivity index (χ0n) is 17.7. The summed E-state index contributed by atoms with van der Waals surface area (Å²) in [6.45, 7) is 0. The quantitative estimate of drug-likeness (QED) is 0.618. The summed E-state index contributed by atoms with van der Waals surface area (Å²) in [5, 5.41) is 10.2. The maximum absolute atomic E-state index is 13.1. The highest BCUT2D eigenvalue weighted by Gasteiger charge is 2.35. The van der Waals surface area contributed by atoms with E-state index < -0.39 is 11.9 Å². The van der Waals surface area contributed by atoms with Crippen molar-refractivity contribution in [2.75, 3.05) is 11.9 Å². The lowest BCUT2D eigenvalue weighted by Crippen LogP contribution is -2.43. The fourth-order valence-electron chi connectivity index (χ4n) is 4.63. The van der Waals surface area contributed by atoms with E-state index in [0.717, 1.165) is 50.4 Å². The molecule has 0 aromatic carbocycles. The van der Waals surface area contributed by atoms with E-state index in [1.54, 1.807) is 24.4 Å². The molecular weight excluding hydrogens is 421 g/mol.